The molecule has 1 aromatic heterocycles. The molecule has 0 aliphatic heterocycles. The molecule has 0 aliphatic carbocycles. The molecule has 0 spiro atoms. The number of thioether (sulfide) groups is 1. The van der Waals surface area contributed by atoms with Gasteiger partial charge in [0.15, 0.2) is 16.7 Å². The first kappa shape index (κ1) is 18.1. The predicted molar refractivity (Wildman–Crippen MR) is 98.1 cm³/mol. The van der Waals surface area contributed by atoms with Crippen molar-refractivity contribution in [2.45, 2.75) is 25.4 Å². The van der Waals surface area contributed by atoms with Crippen LogP contribution in [-0.2, 0) is 0 Å². The Kier molecular flexibility index (Phi) is 6.93. The molecular formula is C18H22N2O3S. The Morgan fingerprint density at radius 1 is 1.29 bits per heavy atom. The Bertz CT molecular complexity index is 756. The van der Waals surface area contributed by atoms with E-state index in [4.69, 9.17) is 9.47 Å². The average Bonchev–Trinajstić information content (AvgIpc) is 2.55. The molecule has 0 aliphatic rings. The third-order valence-electron chi connectivity index (χ3n) is 3.18. The zero-order valence-electron chi connectivity index (χ0n) is 14.2. The minimum atomic E-state index is -0.118. The average molecular weight is 346 g/mol. The summed E-state index contributed by atoms with van der Waals surface area (Å²) in [7, 11) is 1.64. The van der Waals surface area contributed by atoms with E-state index < -0.39 is 0 Å². The number of H-pyrrole nitrogens is 1. The standard InChI is InChI=1S/C18H22N2O3S/c1-4-6-14-7-8-15(16(12-14)22-3)23-9-5-10-24-18-19-13(2)11-17(21)20-18/h4,6-8,11-12H,5,9-10H2,1-3H3,(H,19,20,21). The summed E-state index contributed by atoms with van der Waals surface area (Å²) in [6, 6.07) is 7.34. The molecule has 5 nitrogen and oxygen atoms in total. The summed E-state index contributed by atoms with van der Waals surface area (Å²) in [5, 5.41) is 0.647. The van der Waals surface area contributed by atoms with E-state index in [-0.39, 0.29) is 5.56 Å². The molecule has 1 N–H and O–H groups in total. The van der Waals surface area contributed by atoms with Gasteiger partial charge in [0.25, 0.3) is 5.56 Å². The topological polar surface area (TPSA) is 64.2 Å². The van der Waals surface area contributed by atoms with E-state index in [1.165, 1.54) is 17.8 Å². The number of rotatable bonds is 8. The van der Waals surface area contributed by atoms with E-state index in [0.29, 0.717) is 11.8 Å². The van der Waals surface area contributed by atoms with Crippen LogP contribution in [0.1, 0.15) is 24.6 Å². The van der Waals surface area contributed by atoms with Gasteiger partial charge in [-0.2, -0.15) is 0 Å². The molecule has 0 amide bonds. The summed E-state index contributed by atoms with van der Waals surface area (Å²) in [4.78, 5) is 18.4. The lowest BCUT2D eigenvalue weighted by Gasteiger charge is -2.11. The maximum Gasteiger partial charge on any atom is 0.251 e. The molecule has 0 saturated heterocycles. The zero-order chi connectivity index (χ0) is 17.4. The summed E-state index contributed by atoms with van der Waals surface area (Å²) < 4.78 is 11.2. The van der Waals surface area contributed by atoms with Crippen molar-refractivity contribution in [1.82, 2.24) is 9.97 Å². The number of aromatic amines is 1. The van der Waals surface area contributed by atoms with Gasteiger partial charge in [-0.1, -0.05) is 30.0 Å². The molecule has 1 heterocycles. The molecule has 6 heteroatoms. The Hall–Kier alpha value is -2.21. The lowest BCUT2D eigenvalue weighted by atomic mass is 10.2. The summed E-state index contributed by atoms with van der Waals surface area (Å²) in [6.45, 7) is 4.36. The number of methoxy groups -OCH3 is 1. The van der Waals surface area contributed by atoms with Crippen molar-refractivity contribution in [1.29, 1.82) is 0 Å². The lowest BCUT2D eigenvalue weighted by Crippen LogP contribution is -2.08. The van der Waals surface area contributed by atoms with Crippen LogP contribution >= 0.6 is 11.8 Å². The molecule has 24 heavy (non-hydrogen) atoms. The highest BCUT2D eigenvalue weighted by Gasteiger charge is 2.05. The van der Waals surface area contributed by atoms with Crippen molar-refractivity contribution in [3.63, 3.8) is 0 Å². The van der Waals surface area contributed by atoms with Gasteiger partial charge >= 0.3 is 0 Å². The molecule has 0 atom stereocenters. The van der Waals surface area contributed by atoms with Crippen LogP contribution in [0.5, 0.6) is 11.5 Å². The fourth-order valence-corrected chi connectivity index (χ4v) is 2.97. The first-order valence-electron chi connectivity index (χ1n) is 7.76. The zero-order valence-corrected chi connectivity index (χ0v) is 15.0. The molecule has 2 rings (SSSR count). The maximum atomic E-state index is 11.4. The smallest absolute Gasteiger partial charge is 0.251 e. The number of aromatic nitrogens is 2. The molecule has 0 saturated carbocycles. The predicted octanol–water partition coefficient (Wildman–Crippen LogP) is 3.68. The number of allylic oxidation sites excluding steroid dienone is 1. The third-order valence-corrected chi connectivity index (χ3v) is 4.14. The monoisotopic (exact) mass is 346 g/mol. The SMILES string of the molecule is CC=Cc1ccc(OCCCSc2nc(C)cc(=O)[nH]2)c(OC)c1. The van der Waals surface area contributed by atoms with E-state index in [0.717, 1.165) is 34.9 Å². The first-order chi connectivity index (χ1) is 11.6. The second-order valence-electron chi connectivity index (χ2n) is 5.15. The van der Waals surface area contributed by atoms with Gasteiger partial charge in [-0.05, 0) is 38.0 Å². The van der Waals surface area contributed by atoms with Crippen molar-refractivity contribution >= 4 is 17.8 Å². The van der Waals surface area contributed by atoms with Gasteiger partial charge in [-0.3, -0.25) is 4.79 Å². The van der Waals surface area contributed by atoms with Crippen LogP contribution in [-0.4, -0.2) is 29.4 Å². The summed E-state index contributed by atoms with van der Waals surface area (Å²) in [6.07, 6.45) is 4.83. The molecule has 128 valence electrons. The van der Waals surface area contributed by atoms with Crippen LogP contribution in [0.25, 0.3) is 6.08 Å². The second kappa shape index (κ2) is 9.17. The van der Waals surface area contributed by atoms with Gasteiger partial charge in [0.1, 0.15) is 0 Å². The fourth-order valence-electron chi connectivity index (χ4n) is 2.13. The molecule has 1 aromatic carbocycles. The van der Waals surface area contributed by atoms with E-state index in [2.05, 4.69) is 9.97 Å². The van der Waals surface area contributed by atoms with Gasteiger partial charge < -0.3 is 14.5 Å². The Morgan fingerprint density at radius 2 is 2.12 bits per heavy atom. The Balaban J connectivity index is 1.82. The van der Waals surface area contributed by atoms with Gasteiger partial charge in [0.05, 0.1) is 13.7 Å². The second-order valence-corrected chi connectivity index (χ2v) is 6.24. The van der Waals surface area contributed by atoms with E-state index in [9.17, 15) is 4.79 Å². The van der Waals surface area contributed by atoms with E-state index >= 15 is 0 Å². The Labute approximate surface area is 146 Å². The first-order valence-corrected chi connectivity index (χ1v) is 8.75. The van der Waals surface area contributed by atoms with Crippen molar-refractivity contribution in [2.24, 2.45) is 0 Å². The Morgan fingerprint density at radius 3 is 2.83 bits per heavy atom. The molecule has 0 radical (unpaired) electrons. The fraction of sp³-hybridized carbons (Fsp3) is 0.333. The molecular weight excluding hydrogens is 324 g/mol. The number of aryl methyl sites for hydroxylation is 1. The largest absolute Gasteiger partial charge is 0.493 e. The molecule has 0 fully saturated rings. The van der Waals surface area contributed by atoms with Crippen LogP contribution in [0.2, 0.25) is 0 Å². The minimum absolute atomic E-state index is 0.118. The minimum Gasteiger partial charge on any atom is -0.493 e. The van der Waals surface area contributed by atoms with Gasteiger partial charge in [-0.25, -0.2) is 4.98 Å². The summed E-state index contributed by atoms with van der Waals surface area (Å²) in [5.74, 6) is 2.27. The van der Waals surface area contributed by atoms with Crippen molar-refractivity contribution in [3.8, 4) is 11.5 Å². The van der Waals surface area contributed by atoms with Crippen molar-refractivity contribution in [2.75, 3.05) is 19.5 Å². The highest BCUT2D eigenvalue weighted by molar-refractivity contribution is 7.99. The van der Waals surface area contributed by atoms with Crippen molar-refractivity contribution < 1.29 is 9.47 Å². The highest BCUT2D eigenvalue weighted by Crippen LogP contribution is 2.28. The third kappa shape index (κ3) is 5.45. The summed E-state index contributed by atoms with van der Waals surface area (Å²) in [5.41, 5.74) is 1.68. The number of nitrogens with one attached hydrogen (secondary N) is 1. The van der Waals surface area contributed by atoms with Crippen molar-refractivity contribution in [3.05, 3.63) is 52.0 Å². The number of nitrogens with zero attached hydrogens (tertiary/aromatic N) is 1. The maximum absolute atomic E-state index is 11.4. The van der Waals surface area contributed by atoms with Crippen LogP contribution in [0.3, 0.4) is 0 Å². The number of hydrogen-bond acceptors (Lipinski definition) is 5. The number of benzene rings is 1. The van der Waals surface area contributed by atoms with E-state index in [1.54, 1.807) is 7.11 Å². The molecule has 0 bridgehead atoms. The van der Waals surface area contributed by atoms with Gasteiger partial charge in [0, 0.05) is 17.5 Å². The van der Waals surface area contributed by atoms with Gasteiger partial charge in [0.2, 0.25) is 0 Å². The van der Waals surface area contributed by atoms with Gasteiger partial charge in [-0.15, -0.1) is 0 Å². The quantitative estimate of drug-likeness (QED) is 0.449. The number of ether oxygens (including phenoxy) is 2. The van der Waals surface area contributed by atoms with Crippen LogP contribution in [0, 0.1) is 6.92 Å². The molecule has 0 unspecified atom stereocenters. The summed E-state index contributed by atoms with van der Waals surface area (Å²) >= 11 is 1.52. The highest BCUT2D eigenvalue weighted by atomic mass is 32.2. The lowest BCUT2D eigenvalue weighted by molar-refractivity contribution is 0.295. The van der Waals surface area contributed by atoms with Crippen LogP contribution in [0.15, 0.2) is 40.3 Å². The number of hydrogen-bond donors (Lipinski definition) is 1. The van der Waals surface area contributed by atoms with Crippen LogP contribution in [0.4, 0.5) is 0 Å². The molecule has 2 aromatic rings. The normalized spacial score (nSPS) is 11.0. The van der Waals surface area contributed by atoms with Crippen LogP contribution < -0.4 is 15.0 Å². The van der Waals surface area contributed by atoms with E-state index in [1.807, 2.05) is 44.2 Å².